The lowest BCUT2D eigenvalue weighted by atomic mass is 10.1. The number of nitrogens with one attached hydrogen (secondary N) is 2. The summed E-state index contributed by atoms with van der Waals surface area (Å²) in [6, 6.07) is 15.8. The molecule has 0 fully saturated rings. The molecule has 2 aromatic carbocycles. The predicted molar refractivity (Wildman–Crippen MR) is 117 cm³/mol. The van der Waals surface area contributed by atoms with E-state index in [9.17, 15) is 9.59 Å². The zero-order valence-corrected chi connectivity index (χ0v) is 18.0. The molecule has 6 heteroatoms. The quantitative estimate of drug-likeness (QED) is 0.552. The SMILES string of the molecule is Cc1ccc(NC(=O)CSC(C)C(=O)NCCCc2cccc(Br)c2)cc1. The Kier molecular flexibility index (Phi) is 8.88. The third-order valence-electron chi connectivity index (χ3n) is 4.00. The molecule has 0 spiro atoms. The van der Waals surface area contributed by atoms with Crippen LogP contribution in [0.5, 0.6) is 0 Å². The van der Waals surface area contributed by atoms with Gasteiger partial charge in [0.15, 0.2) is 0 Å². The molecule has 2 N–H and O–H groups in total. The van der Waals surface area contributed by atoms with Gasteiger partial charge in [-0.3, -0.25) is 9.59 Å². The molecule has 0 saturated carbocycles. The Morgan fingerprint density at radius 2 is 1.89 bits per heavy atom. The Labute approximate surface area is 173 Å². The Hall–Kier alpha value is -1.79. The average Bonchev–Trinajstić information content (AvgIpc) is 2.65. The summed E-state index contributed by atoms with van der Waals surface area (Å²) in [5.41, 5.74) is 3.16. The van der Waals surface area contributed by atoms with Crippen molar-refractivity contribution in [1.29, 1.82) is 0 Å². The molecular weight excluding hydrogens is 424 g/mol. The first-order valence-corrected chi connectivity index (χ1v) is 10.8. The van der Waals surface area contributed by atoms with Gasteiger partial charge in [-0.1, -0.05) is 45.8 Å². The molecule has 2 amide bonds. The van der Waals surface area contributed by atoms with Gasteiger partial charge in [0, 0.05) is 16.7 Å². The van der Waals surface area contributed by atoms with E-state index in [-0.39, 0.29) is 22.8 Å². The highest BCUT2D eigenvalue weighted by atomic mass is 79.9. The largest absolute Gasteiger partial charge is 0.355 e. The van der Waals surface area contributed by atoms with Crippen LogP contribution in [0.25, 0.3) is 0 Å². The summed E-state index contributed by atoms with van der Waals surface area (Å²) in [7, 11) is 0. The summed E-state index contributed by atoms with van der Waals surface area (Å²) >= 11 is 4.80. The highest BCUT2D eigenvalue weighted by Crippen LogP contribution is 2.14. The lowest BCUT2D eigenvalue weighted by Crippen LogP contribution is -2.32. The fraction of sp³-hybridized carbons (Fsp3) is 0.333. The molecule has 1 atom stereocenters. The Balaban J connectivity index is 1.63. The minimum absolute atomic E-state index is 0.0302. The maximum absolute atomic E-state index is 12.1. The van der Waals surface area contributed by atoms with Gasteiger partial charge in [0.05, 0.1) is 11.0 Å². The standard InChI is InChI=1S/C21H25BrN2O2S/c1-15-8-10-19(11-9-15)24-20(25)14-27-16(2)21(26)23-12-4-6-17-5-3-7-18(22)13-17/h3,5,7-11,13,16H,4,6,12,14H2,1-2H3,(H,23,26)(H,24,25). The summed E-state index contributed by atoms with van der Waals surface area (Å²) in [4.78, 5) is 24.1. The fourth-order valence-electron chi connectivity index (χ4n) is 2.45. The molecule has 144 valence electrons. The number of carbonyl (C=O) groups excluding carboxylic acids is 2. The maximum atomic E-state index is 12.1. The van der Waals surface area contributed by atoms with Crippen molar-refractivity contribution >= 4 is 45.2 Å². The molecular formula is C21H25BrN2O2S. The summed E-state index contributed by atoms with van der Waals surface area (Å²) in [6.07, 6.45) is 1.80. The molecule has 0 saturated heterocycles. The van der Waals surface area contributed by atoms with Gasteiger partial charge >= 0.3 is 0 Å². The van der Waals surface area contributed by atoms with Crippen molar-refractivity contribution in [3.8, 4) is 0 Å². The number of carbonyl (C=O) groups is 2. The number of rotatable bonds is 9. The molecule has 0 bridgehead atoms. The molecule has 0 heterocycles. The van der Waals surface area contributed by atoms with Crippen LogP contribution in [-0.2, 0) is 16.0 Å². The predicted octanol–water partition coefficient (Wildman–Crippen LogP) is 4.57. The Bertz CT molecular complexity index is 765. The van der Waals surface area contributed by atoms with Crippen LogP contribution in [0.3, 0.4) is 0 Å². The minimum Gasteiger partial charge on any atom is -0.355 e. The van der Waals surface area contributed by atoms with Crippen LogP contribution in [0.15, 0.2) is 53.0 Å². The summed E-state index contributed by atoms with van der Waals surface area (Å²) in [5.74, 6) is 0.121. The molecule has 27 heavy (non-hydrogen) atoms. The van der Waals surface area contributed by atoms with Crippen molar-refractivity contribution in [2.45, 2.75) is 31.9 Å². The first kappa shape index (κ1) is 21.5. The lowest BCUT2D eigenvalue weighted by Gasteiger charge is -2.12. The number of hydrogen-bond acceptors (Lipinski definition) is 3. The van der Waals surface area contributed by atoms with Crippen molar-refractivity contribution in [1.82, 2.24) is 5.32 Å². The Morgan fingerprint density at radius 3 is 2.59 bits per heavy atom. The number of halogens is 1. The van der Waals surface area contributed by atoms with Crippen molar-refractivity contribution in [3.63, 3.8) is 0 Å². The van der Waals surface area contributed by atoms with Crippen LogP contribution in [-0.4, -0.2) is 29.4 Å². The first-order chi connectivity index (χ1) is 12.9. The molecule has 0 radical (unpaired) electrons. The van der Waals surface area contributed by atoms with Gasteiger partial charge in [-0.25, -0.2) is 0 Å². The maximum Gasteiger partial charge on any atom is 0.234 e. The average molecular weight is 449 g/mol. The zero-order valence-electron chi connectivity index (χ0n) is 15.6. The number of amides is 2. The van der Waals surface area contributed by atoms with E-state index in [4.69, 9.17) is 0 Å². The van der Waals surface area contributed by atoms with E-state index in [1.807, 2.05) is 50.2 Å². The van der Waals surface area contributed by atoms with E-state index in [0.717, 1.165) is 28.6 Å². The number of anilines is 1. The molecule has 4 nitrogen and oxygen atoms in total. The summed E-state index contributed by atoms with van der Waals surface area (Å²) < 4.78 is 1.07. The highest BCUT2D eigenvalue weighted by molar-refractivity contribution is 9.10. The monoisotopic (exact) mass is 448 g/mol. The van der Waals surface area contributed by atoms with Gasteiger partial charge in [-0.05, 0) is 56.5 Å². The Morgan fingerprint density at radius 1 is 1.15 bits per heavy atom. The van der Waals surface area contributed by atoms with Gasteiger partial charge in [-0.15, -0.1) is 11.8 Å². The second kappa shape index (κ2) is 11.1. The van der Waals surface area contributed by atoms with E-state index in [0.29, 0.717) is 6.54 Å². The van der Waals surface area contributed by atoms with Crippen molar-refractivity contribution in [2.24, 2.45) is 0 Å². The smallest absolute Gasteiger partial charge is 0.234 e. The topological polar surface area (TPSA) is 58.2 Å². The number of thioether (sulfide) groups is 1. The van der Waals surface area contributed by atoms with Gasteiger partial charge in [0.25, 0.3) is 0 Å². The van der Waals surface area contributed by atoms with Gasteiger partial charge in [0.1, 0.15) is 0 Å². The van der Waals surface area contributed by atoms with Crippen LogP contribution in [0.1, 0.15) is 24.5 Å². The third kappa shape index (κ3) is 8.18. The van der Waals surface area contributed by atoms with Crippen LogP contribution >= 0.6 is 27.7 Å². The molecule has 2 aromatic rings. The number of aryl methyl sites for hydroxylation is 2. The second-order valence-corrected chi connectivity index (χ2v) is 8.64. The van der Waals surface area contributed by atoms with E-state index in [1.54, 1.807) is 0 Å². The highest BCUT2D eigenvalue weighted by Gasteiger charge is 2.14. The van der Waals surface area contributed by atoms with Gasteiger partial charge < -0.3 is 10.6 Å². The number of hydrogen-bond donors (Lipinski definition) is 2. The van der Waals surface area contributed by atoms with Gasteiger partial charge in [0.2, 0.25) is 11.8 Å². The van der Waals surface area contributed by atoms with Crippen LogP contribution in [0, 0.1) is 6.92 Å². The summed E-state index contributed by atoms with van der Waals surface area (Å²) in [6.45, 7) is 4.46. The lowest BCUT2D eigenvalue weighted by molar-refractivity contribution is -0.120. The normalized spacial score (nSPS) is 11.7. The van der Waals surface area contributed by atoms with Crippen molar-refractivity contribution in [3.05, 3.63) is 64.1 Å². The van der Waals surface area contributed by atoms with Crippen LogP contribution in [0.2, 0.25) is 0 Å². The molecule has 2 rings (SSSR count). The van der Waals surface area contributed by atoms with Gasteiger partial charge in [-0.2, -0.15) is 0 Å². The van der Waals surface area contributed by atoms with E-state index >= 15 is 0 Å². The van der Waals surface area contributed by atoms with Crippen molar-refractivity contribution in [2.75, 3.05) is 17.6 Å². The molecule has 0 aliphatic carbocycles. The zero-order chi connectivity index (χ0) is 19.6. The molecule has 1 unspecified atom stereocenters. The minimum atomic E-state index is -0.264. The molecule has 0 aromatic heterocycles. The van der Waals surface area contributed by atoms with E-state index in [1.165, 1.54) is 17.3 Å². The second-order valence-electron chi connectivity index (χ2n) is 6.39. The number of benzene rings is 2. The first-order valence-electron chi connectivity index (χ1n) is 8.94. The van der Waals surface area contributed by atoms with E-state index < -0.39 is 0 Å². The fourth-order valence-corrected chi connectivity index (χ4v) is 3.61. The summed E-state index contributed by atoms with van der Waals surface area (Å²) in [5, 5.41) is 5.52. The van der Waals surface area contributed by atoms with Crippen LogP contribution < -0.4 is 10.6 Å². The van der Waals surface area contributed by atoms with E-state index in [2.05, 4.69) is 38.7 Å². The molecule has 0 aliphatic rings. The molecule has 0 aliphatic heterocycles. The van der Waals surface area contributed by atoms with Crippen molar-refractivity contribution < 1.29 is 9.59 Å². The third-order valence-corrected chi connectivity index (χ3v) is 5.64. The van der Waals surface area contributed by atoms with Crippen LogP contribution in [0.4, 0.5) is 5.69 Å².